The normalized spacial score (nSPS) is 13.9. The zero-order valence-corrected chi connectivity index (χ0v) is 14.2. The molecule has 0 spiro atoms. The van der Waals surface area contributed by atoms with Crippen molar-refractivity contribution in [1.82, 2.24) is 0 Å². The van der Waals surface area contributed by atoms with Crippen LogP contribution in [0.15, 0.2) is 24.0 Å². The van der Waals surface area contributed by atoms with Crippen LogP contribution < -0.4 is 11.5 Å². The van der Waals surface area contributed by atoms with E-state index >= 15 is 0 Å². The van der Waals surface area contributed by atoms with Gasteiger partial charge < -0.3 is 11.5 Å². The minimum absolute atomic E-state index is 0.468. The Bertz CT molecular complexity index is 566. The summed E-state index contributed by atoms with van der Waals surface area (Å²) in [4.78, 5) is 22.2. The van der Waals surface area contributed by atoms with Crippen LogP contribution in [-0.2, 0) is 29.3 Å². The Kier molecular flexibility index (Phi) is 9.62. The van der Waals surface area contributed by atoms with Crippen molar-refractivity contribution in [3.63, 3.8) is 0 Å². The Balaban J connectivity index is 0. The highest BCUT2D eigenvalue weighted by Crippen LogP contribution is 2.17. The lowest BCUT2D eigenvalue weighted by Gasteiger charge is -2.15. The minimum Gasteiger partial charge on any atom is -0.369 e. The fraction of sp³-hybridized carbons (Fsp3) is 0.500. The molecule has 2 atom stereocenters. The van der Waals surface area contributed by atoms with E-state index in [1.165, 1.54) is 0 Å². The summed E-state index contributed by atoms with van der Waals surface area (Å²) in [6.07, 6.45) is -0.936. The molecule has 0 saturated heterocycles. The fourth-order valence-electron chi connectivity index (χ4n) is 1.47. The van der Waals surface area contributed by atoms with E-state index < -0.39 is 54.8 Å². The quantitative estimate of drug-likeness (QED) is 0.575. The van der Waals surface area contributed by atoms with Gasteiger partial charge in [0.15, 0.2) is 19.7 Å². The van der Waals surface area contributed by atoms with Gasteiger partial charge in [0.25, 0.3) is 0 Å². The van der Waals surface area contributed by atoms with Crippen molar-refractivity contribution in [2.75, 3.05) is 0 Å². The molecule has 0 aliphatic rings. The Morgan fingerprint density at radius 3 is 1.23 bits per heavy atom. The predicted octanol–water partition coefficient (Wildman–Crippen LogP) is -0.383. The Morgan fingerprint density at radius 2 is 1.09 bits per heavy atom. The highest BCUT2D eigenvalue weighted by atomic mass is 32.2. The van der Waals surface area contributed by atoms with E-state index in [-0.39, 0.29) is 0 Å². The lowest BCUT2D eigenvalue weighted by atomic mass is 10.1. The van der Waals surface area contributed by atoms with Crippen molar-refractivity contribution in [3.8, 4) is 0 Å². The molecule has 0 aromatic carbocycles. The largest absolute Gasteiger partial charge is 0.369 e. The van der Waals surface area contributed by atoms with Crippen LogP contribution in [0.1, 0.15) is 26.7 Å². The predicted molar refractivity (Wildman–Crippen MR) is 84.8 cm³/mol. The van der Waals surface area contributed by atoms with Gasteiger partial charge in [-0.15, -0.1) is 0 Å². The highest BCUT2D eigenvalue weighted by molar-refractivity contribution is 7.96. The van der Waals surface area contributed by atoms with E-state index in [9.17, 15) is 26.4 Å². The molecule has 10 heteroatoms. The molecule has 0 fully saturated rings. The molecule has 2 unspecified atom stereocenters. The molecule has 0 rings (SSSR count). The molecule has 22 heavy (non-hydrogen) atoms. The first-order chi connectivity index (χ1) is 9.99. The standard InChI is InChI=1S/C10H16N2O6S2.C2H6/c1-3-19(15,16)7(9(11)13)5-6-8(10(12)14)20(17,18)4-2;1-2/h3-4,7-8H,1-2,5-6H2,(H2,11,13)(H2,12,14);1-2H3. The summed E-state index contributed by atoms with van der Waals surface area (Å²) < 4.78 is 46.2. The van der Waals surface area contributed by atoms with Crippen molar-refractivity contribution in [2.45, 2.75) is 37.2 Å². The second-order valence-electron chi connectivity index (χ2n) is 3.87. The molecule has 4 N–H and O–H groups in total. The van der Waals surface area contributed by atoms with Crippen LogP contribution in [0.5, 0.6) is 0 Å². The third kappa shape index (κ3) is 6.39. The molecule has 128 valence electrons. The number of carbonyl (C=O) groups excluding carboxylic acids is 2. The highest BCUT2D eigenvalue weighted by Gasteiger charge is 2.34. The molecule has 0 aliphatic heterocycles. The van der Waals surface area contributed by atoms with Crippen LogP contribution in [0, 0.1) is 0 Å². The third-order valence-corrected chi connectivity index (χ3v) is 6.04. The molecule has 0 radical (unpaired) electrons. The molecule has 8 nitrogen and oxygen atoms in total. The molecule has 0 aliphatic carbocycles. The topological polar surface area (TPSA) is 154 Å². The average molecular weight is 354 g/mol. The number of rotatable bonds is 9. The Labute approximate surface area is 131 Å². The van der Waals surface area contributed by atoms with E-state index in [1.807, 2.05) is 13.8 Å². The van der Waals surface area contributed by atoms with Gasteiger partial charge in [-0.1, -0.05) is 27.0 Å². The lowest BCUT2D eigenvalue weighted by molar-refractivity contribution is -0.119. The summed E-state index contributed by atoms with van der Waals surface area (Å²) >= 11 is 0. The molecule has 0 bridgehead atoms. The van der Waals surface area contributed by atoms with E-state index in [2.05, 4.69) is 13.2 Å². The fourth-order valence-corrected chi connectivity index (χ4v) is 3.51. The van der Waals surface area contributed by atoms with E-state index in [0.29, 0.717) is 10.8 Å². The number of primary amides is 2. The number of amides is 2. The van der Waals surface area contributed by atoms with E-state index in [0.717, 1.165) is 0 Å². The van der Waals surface area contributed by atoms with Gasteiger partial charge in [0.05, 0.1) is 0 Å². The molecule has 0 aromatic rings. The summed E-state index contributed by atoms with van der Waals surface area (Å²) in [5.74, 6) is -2.33. The van der Waals surface area contributed by atoms with Crippen LogP contribution in [0.3, 0.4) is 0 Å². The molecular formula is C12H22N2O6S2. The van der Waals surface area contributed by atoms with Gasteiger partial charge in [-0.25, -0.2) is 16.8 Å². The number of hydrogen-bond donors (Lipinski definition) is 2. The van der Waals surface area contributed by atoms with Gasteiger partial charge >= 0.3 is 0 Å². The Morgan fingerprint density at radius 1 is 0.864 bits per heavy atom. The van der Waals surface area contributed by atoms with Gasteiger partial charge in [0.1, 0.15) is 10.5 Å². The van der Waals surface area contributed by atoms with Gasteiger partial charge in [-0.3, -0.25) is 9.59 Å². The van der Waals surface area contributed by atoms with Crippen molar-refractivity contribution in [2.24, 2.45) is 11.5 Å². The summed E-state index contributed by atoms with van der Waals surface area (Å²) in [5.41, 5.74) is 9.90. The van der Waals surface area contributed by atoms with Gasteiger partial charge in [-0.2, -0.15) is 0 Å². The van der Waals surface area contributed by atoms with Crippen LogP contribution >= 0.6 is 0 Å². The summed E-state index contributed by atoms with van der Waals surface area (Å²) in [7, 11) is -8.03. The average Bonchev–Trinajstić information content (AvgIpc) is 2.44. The van der Waals surface area contributed by atoms with Crippen LogP contribution in [0.4, 0.5) is 0 Å². The monoisotopic (exact) mass is 354 g/mol. The summed E-state index contributed by atoms with van der Waals surface area (Å²) in [6.45, 7) is 10.1. The van der Waals surface area contributed by atoms with Crippen molar-refractivity contribution < 1.29 is 26.4 Å². The SMILES string of the molecule is C=CS(=O)(=O)C(CCC(C(N)=O)S(=O)(=O)C=C)C(N)=O.CC. The molecule has 0 heterocycles. The first-order valence-corrected chi connectivity index (χ1v) is 9.52. The second-order valence-corrected chi connectivity index (χ2v) is 8.03. The number of hydrogen-bond acceptors (Lipinski definition) is 6. The van der Waals surface area contributed by atoms with E-state index in [4.69, 9.17) is 11.5 Å². The number of nitrogens with two attached hydrogens (primary N) is 2. The summed E-state index contributed by atoms with van der Waals surface area (Å²) in [5, 5.41) is -2.24. The smallest absolute Gasteiger partial charge is 0.236 e. The lowest BCUT2D eigenvalue weighted by Crippen LogP contribution is -2.39. The molecule has 0 aromatic heterocycles. The van der Waals surface area contributed by atoms with Crippen LogP contribution in [0.2, 0.25) is 0 Å². The van der Waals surface area contributed by atoms with Crippen LogP contribution in [0.25, 0.3) is 0 Å². The maximum absolute atomic E-state index is 11.5. The van der Waals surface area contributed by atoms with Gasteiger partial charge in [-0.05, 0) is 12.8 Å². The third-order valence-electron chi connectivity index (χ3n) is 2.58. The molecule has 2 amide bonds. The zero-order chi connectivity index (χ0) is 18.1. The second kappa shape index (κ2) is 9.36. The Hall–Kier alpha value is -1.68. The van der Waals surface area contributed by atoms with Crippen molar-refractivity contribution >= 4 is 31.5 Å². The maximum atomic E-state index is 11.5. The number of sulfone groups is 2. The summed E-state index contributed by atoms with van der Waals surface area (Å²) in [6, 6.07) is 0. The number of carbonyl (C=O) groups is 2. The first-order valence-electron chi connectivity index (χ1n) is 6.31. The first kappa shape index (κ1) is 22.6. The molecule has 0 saturated carbocycles. The minimum atomic E-state index is -4.02. The van der Waals surface area contributed by atoms with Gasteiger partial charge in [0.2, 0.25) is 11.8 Å². The van der Waals surface area contributed by atoms with Crippen molar-refractivity contribution in [1.29, 1.82) is 0 Å². The maximum Gasteiger partial charge on any atom is 0.236 e. The van der Waals surface area contributed by atoms with Crippen molar-refractivity contribution in [3.05, 3.63) is 24.0 Å². The van der Waals surface area contributed by atoms with E-state index in [1.54, 1.807) is 0 Å². The molecular weight excluding hydrogens is 332 g/mol. The zero-order valence-electron chi connectivity index (χ0n) is 12.6. The van der Waals surface area contributed by atoms with Gasteiger partial charge in [0, 0.05) is 10.8 Å². The van der Waals surface area contributed by atoms with Crippen LogP contribution in [-0.4, -0.2) is 39.1 Å².